The maximum atomic E-state index is 12.9. The van der Waals surface area contributed by atoms with Crippen molar-refractivity contribution in [3.8, 4) is 0 Å². The molecule has 5 nitrogen and oxygen atoms in total. The SMILES string of the molecule is O=C(O)CC[C@H]1CC[C@H](N2Cc3cc(C4CCNCC4)ccc3C2=O)CC1. The summed E-state index contributed by atoms with van der Waals surface area (Å²) >= 11 is 0. The second-order valence-electron chi connectivity index (χ2n) is 8.48. The molecule has 5 heteroatoms. The lowest BCUT2D eigenvalue weighted by atomic mass is 9.83. The highest BCUT2D eigenvalue weighted by Gasteiger charge is 2.35. The number of carbonyl (C=O) groups excluding carboxylic acids is 1. The van der Waals surface area contributed by atoms with Crippen LogP contribution in [0.4, 0.5) is 0 Å². The Morgan fingerprint density at radius 3 is 2.56 bits per heavy atom. The molecule has 0 bridgehead atoms. The van der Waals surface area contributed by atoms with E-state index in [1.807, 2.05) is 6.07 Å². The topological polar surface area (TPSA) is 69.6 Å². The molecule has 146 valence electrons. The number of nitrogens with one attached hydrogen (secondary N) is 1. The predicted molar refractivity (Wildman–Crippen MR) is 104 cm³/mol. The van der Waals surface area contributed by atoms with Crippen molar-refractivity contribution >= 4 is 11.9 Å². The highest BCUT2D eigenvalue weighted by molar-refractivity contribution is 5.98. The first-order valence-corrected chi connectivity index (χ1v) is 10.5. The van der Waals surface area contributed by atoms with Crippen LogP contribution in [0.3, 0.4) is 0 Å². The summed E-state index contributed by atoms with van der Waals surface area (Å²) in [6.45, 7) is 2.91. The van der Waals surface area contributed by atoms with Gasteiger partial charge >= 0.3 is 5.97 Å². The van der Waals surface area contributed by atoms with Crippen molar-refractivity contribution in [2.45, 2.75) is 69.9 Å². The van der Waals surface area contributed by atoms with Crippen molar-refractivity contribution in [2.24, 2.45) is 5.92 Å². The zero-order chi connectivity index (χ0) is 18.8. The Kier molecular flexibility index (Phi) is 5.48. The molecule has 2 N–H and O–H groups in total. The van der Waals surface area contributed by atoms with Crippen molar-refractivity contribution in [3.05, 3.63) is 34.9 Å². The van der Waals surface area contributed by atoms with E-state index in [4.69, 9.17) is 5.11 Å². The molecule has 0 atom stereocenters. The first kappa shape index (κ1) is 18.5. The van der Waals surface area contributed by atoms with Crippen molar-refractivity contribution < 1.29 is 14.7 Å². The molecule has 3 aliphatic rings. The van der Waals surface area contributed by atoms with Crippen LogP contribution >= 0.6 is 0 Å². The van der Waals surface area contributed by atoms with Gasteiger partial charge in [0.25, 0.3) is 5.91 Å². The molecule has 0 radical (unpaired) electrons. The van der Waals surface area contributed by atoms with Gasteiger partial charge in [0, 0.05) is 24.6 Å². The van der Waals surface area contributed by atoms with Gasteiger partial charge in [-0.1, -0.05) is 12.1 Å². The van der Waals surface area contributed by atoms with Gasteiger partial charge in [0.05, 0.1) is 0 Å². The third kappa shape index (κ3) is 4.03. The minimum atomic E-state index is -0.702. The summed E-state index contributed by atoms with van der Waals surface area (Å²) in [4.78, 5) is 25.8. The van der Waals surface area contributed by atoms with Crippen LogP contribution in [0.1, 0.15) is 78.8 Å². The number of hydrogen-bond donors (Lipinski definition) is 2. The highest BCUT2D eigenvalue weighted by Crippen LogP contribution is 2.36. The van der Waals surface area contributed by atoms with Crippen molar-refractivity contribution in [2.75, 3.05) is 13.1 Å². The molecule has 0 spiro atoms. The van der Waals surface area contributed by atoms with Crippen LogP contribution in [0, 0.1) is 5.92 Å². The lowest BCUT2D eigenvalue weighted by Gasteiger charge is -2.34. The van der Waals surface area contributed by atoms with E-state index in [9.17, 15) is 9.59 Å². The Morgan fingerprint density at radius 2 is 1.85 bits per heavy atom. The lowest BCUT2D eigenvalue weighted by Crippen LogP contribution is -2.38. The fourth-order valence-electron chi connectivity index (χ4n) is 5.14. The molecular formula is C22H30N2O3. The molecule has 1 saturated heterocycles. The predicted octanol–water partition coefficient (Wildman–Crippen LogP) is 3.53. The Balaban J connectivity index is 1.38. The fourth-order valence-corrected chi connectivity index (χ4v) is 5.14. The van der Waals surface area contributed by atoms with E-state index in [1.54, 1.807) is 0 Å². The van der Waals surface area contributed by atoms with E-state index in [0.29, 0.717) is 17.9 Å². The number of benzene rings is 1. The second-order valence-corrected chi connectivity index (χ2v) is 8.48. The Bertz CT molecular complexity index is 704. The number of piperidine rings is 1. The zero-order valence-corrected chi connectivity index (χ0v) is 16.0. The van der Waals surface area contributed by atoms with Gasteiger partial charge in [0.2, 0.25) is 0 Å². The lowest BCUT2D eigenvalue weighted by molar-refractivity contribution is -0.137. The third-order valence-corrected chi connectivity index (χ3v) is 6.80. The molecule has 2 aliphatic heterocycles. The molecule has 0 aromatic heterocycles. The number of carboxylic acid groups (broad SMARTS) is 1. The molecule has 4 rings (SSSR count). The highest BCUT2D eigenvalue weighted by atomic mass is 16.4. The number of rotatable bonds is 5. The zero-order valence-electron chi connectivity index (χ0n) is 16.0. The first-order valence-electron chi connectivity index (χ1n) is 10.5. The van der Waals surface area contributed by atoms with Gasteiger partial charge in [-0.2, -0.15) is 0 Å². The van der Waals surface area contributed by atoms with Crippen molar-refractivity contribution in [1.82, 2.24) is 10.2 Å². The largest absolute Gasteiger partial charge is 0.481 e. The average Bonchev–Trinajstić information content (AvgIpc) is 3.03. The minimum Gasteiger partial charge on any atom is -0.481 e. The standard InChI is InChI=1S/C22H30N2O3/c25-21(26)8-3-15-1-5-19(6-2-15)24-14-18-13-17(4-7-20(18)22(24)27)16-9-11-23-12-10-16/h4,7,13,15-16,19,23H,1-3,5-6,8-12,14H2,(H,25,26)/t15-,19-. The second kappa shape index (κ2) is 8.01. The van der Waals surface area contributed by atoms with Crippen molar-refractivity contribution in [3.63, 3.8) is 0 Å². The third-order valence-electron chi connectivity index (χ3n) is 6.80. The van der Waals surface area contributed by atoms with E-state index in [-0.39, 0.29) is 12.3 Å². The van der Waals surface area contributed by atoms with Crippen LogP contribution in [0.5, 0.6) is 0 Å². The monoisotopic (exact) mass is 370 g/mol. The number of nitrogens with zero attached hydrogens (tertiary/aromatic N) is 1. The summed E-state index contributed by atoms with van der Waals surface area (Å²) < 4.78 is 0. The van der Waals surface area contributed by atoms with E-state index < -0.39 is 5.97 Å². The first-order chi connectivity index (χ1) is 13.1. The van der Waals surface area contributed by atoms with Crippen LogP contribution < -0.4 is 5.32 Å². The van der Waals surface area contributed by atoms with Crippen LogP contribution in [0.2, 0.25) is 0 Å². The molecular weight excluding hydrogens is 340 g/mol. The molecule has 0 unspecified atom stereocenters. The summed E-state index contributed by atoms with van der Waals surface area (Å²) in [5.74, 6) is 0.608. The number of aliphatic carboxylic acids is 1. The Hall–Kier alpha value is -1.88. The molecule has 27 heavy (non-hydrogen) atoms. The van der Waals surface area contributed by atoms with Crippen LogP contribution in [0.15, 0.2) is 18.2 Å². The summed E-state index contributed by atoms with van der Waals surface area (Å²) in [6.07, 6.45) is 7.49. The van der Waals surface area contributed by atoms with Gasteiger partial charge in [-0.25, -0.2) is 0 Å². The van der Waals surface area contributed by atoms with Crippen molar-refractivity contribution in [1.29, 1.82) is 0 Å². The normalized spacial score (nSPS) is 26.2. The summed E-state index contributed by atoms with van der Waals surface area (Å²) in [5, 5.41) is 12.3. The molecule has 1 aromatic rings. The maximum absolute atomic E-state index is 12.9. The molecule has 1 aromatic carbocycles. The molecule has 1 saturated carbocycles. The number of hydrogen-bond acceptors (Lipinski definition) is 3. The number of fused-ring (bicyclic) bond motifs is 1. The van der Waals surface area contributed by atoms with Crippen LogP contribution in [0.25, 0.3) is 0 Å². The van der Waals surface area contributed by atoms with Gasteiger partial charge in [-0.05, 0) is 87.1 Å². The number of carbonyl (C=O) groups is 2. The quantitative estimate of drug-likeness (QED) is 0.832. The van der Waals surface area contributed by atoms with Gasteiger partial charge < -0.3 is 15.3 Å². The van der Waals surface area contributed by atoms with Crippen LogP contribution in [-0.2, 0) is 11.3 Å². The summed E-state index contributed by atoms with van der Waals surface area (Å²) in [6, 6.07) is 6.81. The number of amides is 1. The summed E-state index contributed by atoms with van der Waals surface area (Å²) in [7, 11) is 0. The Labute approximate surface area is 161 Å². The molecule has 2 heterocycles. The van der Waals surface area contributed by atoms with E-state index in [0.717, 1.165) is 57.3 Å². The van der Waals surface area contributed by atoms with Gasteiger partial charge in [-0.3, -0.25) is 9.59 Å². The minimum absolute atomic E-state index is 0.191. The van der Waals surface area contributed by atoms with Gasteiger partial charge in [-0.15, -0.1) is 0 Å². The molecule has 1 amide bonds. The Morgan fingerprint density at radius 1 is 1.11 bits per heavy atom. The average molecular weight is 370 g/mol. The van der Waals surface area contributed by atoms with E-state index >= 15 is 0 Å². The van der Waals surface area contributed by atoms with E-state index in [2.05, 4.69) is 22.3 Å². The van der Waals surface area contributed by atoms with Crippen LogP contribution in [-0.4, -0.2) is 41.0 Å². The summed E-state index contributed by atoms with van der Waals surface area (Å²) in [5.41, 5.74) is 3.48. The molecule has 1 aliphatic carbocycles. The van der Waals surface area contributed by atoms with Gasteiger partial charge in [0.15, 0.2) is 0 Å². The van der Waals surface area contributed by atoms with Gasteiger partial charge in [0.1, 0.15) is 0 Å². The maximum Gasteiger partial charge on any atom is 0.303 e. The molecule has 2 fully saturated rings. The fraction of sp³-hybridized carbons (Fsp3) is 0.636. The number of carboxylic acids is 1. The smallest absolute Gasteiger partial charge is 0.303 e. The van der Waals surface area contributed by atoms with E-state index in [1.165, 1.54) is 24.0 Å².